The predicted molar refractivity (Wildman–Crippen MR) is 49.4 cm³/mol. The Morgan fingerprint density at radius 1 is 1.31 bits per heavy atom. The molecule has 0 amide bonds. The van der Waals surface area contributed by atoms with Crippen LogP contribution >= 0.6 is 0 Å². The second-order valence-corrected chi connectivity index (χ2v) is 4.08. The van der Waals surface area contributed by atoms with Crippen LogP contribution in [0.15, 0.2) is 23.8 Å². The molecule has 0 N–H and O–H groups in total. The Hall–Kier alpha value is -0.600. The standard InChI is InChI=1S/C11H14O2/c1-2-8(5-10-6-12-10)4-9(3-1)11-7-13-11/h1,3-4,8,10-11H,2,5-7H2. The second-order valence-electron chi connectivity index (χ2n) is 4.08. The monoisotopic (exact) mass is 178 g/mol. The Morgan fingerprint density at radius 2 is 2.15 bits per heavy atom. The van der Waals surface area contributed by atoms with Gasteiger partial charge in [-0.15, -0.1) is 0 Å². The predicted octanol–water partition coefficient (Wildman–Crippen LogP) is 1.68. The molecule has 3 rings (SSSR count). The van der Waals surface area contributed by atoms with Gasteiger partial charge in [0.1, 0.15) is 6.10 Å². The first kappa shape index (κ1) is 7.77. The van der Waals surface area contributed by atoms with Crippen molar-refractivity contribution >= 4 is 0 Å². The molecule has 0 aromatic carbocycles. The van der Waals surface area contributed by atoms with E-state index in [1.54, 1.807) is 0 Å². The van der Waals surface area contributed by atoms with E-state index in [9.17, 15) is 0 Å². The third-order valence-electron chi connectivity index (χ3n) is 2.85. The maximum absolute atomic E-state index is 5.27. The fourth-order valence-electron chi connectivity index (χ4n) is 1.94. The van der Waals surface area contributed by atoms with E-state index >= 15 is 0 Å². The smallest absolute Gasteiger partial charge is 0.106 e. The van der Waals surface area contributed by atoms with Gasteiger partial charge in [-0.1, -0.05) is 18.2 Å². The minimum Gasteiger partial charge on any atom is -0.373 e. The maximum atomic E-state index is 5.27. The second kappa shape index (κ2) is 2.96. The van der Waals surface area contributed by atoms with Crippen molar-refractivity contribution in [2.75, 3.05) is 13.2 Å². The van der Waals surface area contributed by atoms with E-state index in [2.05, 4.69) is 18.2 Å². The summed E-state index contributed by atoms with van der Waals surface area (Å²) in [4.78, 5) is 0. The Kier molecular flexibility index (Phi) is 1.77. The summed E-state index contributed by atoms with van der Waals surface area (Å²) in [5.74, 6) is 0.691. The molecule has 0 bridgehead atoms. The Balaban J connectivity index is 1.65. The van der Waals surface area contributed by atoms with Crippen LogP contribution in [0.5, 0.6) is 0 Å². The lowest BCUT2D eigenvalue weighted by Gasteiger charge is -2.14. The summed E-state index contributed by atoms with van der Waals surface area (Å²) in [6.45, 7) is 1.89. The molecule has 0 aromatic rings. The number of ether oxygens (including phenoxy) is 2. The van der Waals surface area contributed by atoms with Gasteiger partial charge < -0.3 is 9.47 Å². The molecule has 3 atom stereocenters. The molecule has 2 heteroatoms. The highest BCUT2D eigenvalue weighted by Gasteiger charge is 2.30. The molecule has 2 saturated heterocycles. The molecule has 0 radical (unpaired) electrons. The molecule has 2 heterocycles. The largest absolute Gasteiger partial charge is 0.373 e. The van der Waals surface area contributed by atoms with Crippen LogP contribution in [0, 0.1) is 5.92 Å². The van der Waals surface area contributed by atoms with Crippen molar-refractivity contribution in [3.63, 3.8) is 0 Å². The fraction of sp³-hybridized carbons (Fsp3) is 0.636. The zero-order valence-electron chi connectivity index (χ0n) is 7.61. The summed E-state index contributed by atoms with van der Waals surface area (Å²) in [6, 6.07) is 0. The third kappa shape index (κ3) is 1.84. The molecular weight excluding hydrogens is 164 g/mol. The lowest BCUT2D eigenvalue weighted by molar-refractivity contribution is 0.371. The van der Waals surface area contributed by atoms with Crippen LogP contribution in [0.25, 0.3) is 0 Å². The van der Waals surface area contributed by atoms with Crippen molar-refractivity contribution in [3.05, 3.63) is 23.8 Å². The van der Waals surface area contributed by atoms with Crippen LogP contribution < -0.4 is 0 Å². The first-order chi connectivity index (χ1) is 6.42. The number of hydrogen-bond donors (Lipinski definition) is 0. The van der Waals surface area contributed by atoms with Crippen LogP contribution in [0.4, 0.5) is 0 Å². The van der Waals surface area contributed by atoms with Crippen molar-refractivity contribution < 1.29 is 9.47 Å². The molecule has 2 aliphatic heterocycles. The minimum atomic E-state index is 0.416. The van der Waals surface area contributed by atoms with Crippen LogP contribution in [-0.4, -0.2) is 25.4 Å². The molecule has 2 nitrogen and oxygen atoms in total. The first-order valence-electron chi connectivity index (χ1n) is 5.03. The zero-order valence-corrected chi connectivity index (χ0v) is 7.61. The van der Waals surface area contributed by atoms with E-state index in [1.807, 2.05) is 0 Å². The van der Waals surface area contributed by atoms with Crippen LogP contribution in [0.2, 0.25) is 0 Å². The van der Waals surface area contributed by atoms with Crippen molar-refractivity contribution in [2.45, 2.75) is 25.0 Å². The molecule has 13 heavy (non-hydrogen) atoms. The average Bonchev–Trinajstić information content (AvgIpc) is 3.00. The van der Waals surface area contributed by atoms with E-state index in [0.717, 1.165) is 13.2 Å². The maximum Gasteiger partial charge on any atom is 0.106 e. The molecule has 3 aliphatic rings. The van der Waals surface area contributed by atoms with Crippen molar-refractivity contribution in [1.82, 2.24) is 0 Å². The lowest BCUT2D eigenvalue weighted by Crippen LogP contribution is -2.06. The van der Waals surface area contributed by atoms with E-state index < -0.39 is 0 Å². The van der Waals surface area contributed by atoms with Gasteiger partial charge in [0.15, 0.2) is 0 Å². The van der Waals surface area contributed by atoms with Gasteiger partial charge in [0.25, 0.3) is 0 Å². The van der Waals surface area contributed by atoms with Gasteiger partial charge in [-0.05, 0) is 24.3 Å². The fourth-order valence-corrected chi connectivity index (χ4v) is 1.94. The number of rotatable bonds is 3. The molecule has 1 aliphatic carbocycles. The molecule has 2 fully saturated rings. The first-order valence-corrected chi connectivity index (χ1v) is 5.03. The summed E-state index contributed by atoms with van der Waals surface area (Å²) in [5.41, 5.74) is 1.39. The van der Waals surface area contributed by atoms with Gasteiger partial charge in [-0.3, -0.25) is 0 Å². The van der Waals surface area contributed by atoms with Crippen LogP contribution in [0.1, 0.15) is 12.8 Å². The Bertz CT molecular complexity index is 259. The zero-order chi connectivity index (χ0) is 8.67. The Morgan fingerprint density at radius 3 is 2.85 bits per heavy atom. The highest BCUT2D eigenvalue weighted by atomic mass is 16.6. The normalized spacial score (nSPS) is 41.5. The van der Waals surface area contributed by atoms with Gasteiger partial charge in [0.2, 0.25) is 0 Å². The minimum absolute atomic E-state index is 0.416. The number of allylic oxidation sites excluding steroid dienone is 2. The average molecular weight is 178 g/mol. The molecule has 3 unspecified atom stereocenters. The summed E-state index contributed by atoms with van der Waals surface area (Å²) in [5, 5.41) is 0. The summed E-state index contributed by atoms with van der Waals surface area (Å²) >= 11 is 0. The highest BCUT2D eigenvalue weighted by molar-refractivity contribution is 5.30. The topological polar surface area (TPSA) is 25.1 Å². The van der Waals surface area contributed by atoms with Crippen LogP contribution in [-0.2, 0) is 9.47 Å². The van der Waals surface area contributed by atoms with Gasteiger partial charge in [-0.25, -0.2) is 0 Å². The molecule has 0 aromatic heterocycles. The summed E-state index contributed by atoms with van der Waals surface area (Å²) < 4.78 is 10.5. The van der Waals surface area contributed by atoms with E-state index in [-0.39, 0.29) is 0 Å². The van der Waals surface area contributed by atoms with Gasteiger partial charge in [-0.2, -0.15) is 0 Å². The molecular formula is C11H14O2. The van der Waals surface area contributed by atoms with Crippen molar-refractivity contribution in [1.29, 1.82) is 0 Å². The molecule has 0 spiro atoms. The quantitative estimate of drug-likeness (QED) is 0.614. The van der Waals surface area contributed by atoms with E-state index in [4.69, 9.17) is 9.47 Å². The summed E-state index contributed by atoms with van der Waals surface area (Å²) in [7, 11) is 0. The van der Waals surface area contributed by atoms with E-state index in [1.165, 1.54) is 18.4 Å². The van der Waals surface area contributed by atoms with Crippen LogP contribution in [0.3, 0.4) is 0 Å². The molecule has 70 valence electrons. The lowest BCUT2D eigenvalue weighted by atomic mass is 9.91. The number of hydrogen-bond acceptors (Lipinski definition) is 2. The SMILES string of the molecule is C1=CC(C2CO2)=CC(CC2CO2)C1. The summed E-state index contributed by atoms with van der Waals surface area (Å²) in [6.07, 6.45) is 10.2. The van der Waals surface area contributed by atoms with Gasteiger partial charge in [0.05, 0.1) is 19.3 Å². The van der Waals surface area contributed by atoms with Gasteiger partial charge in [0, 0.05) is 0 Å². The highest BCUT2D eigenvalue weighted by Crippen LogP contribution is 2.31. The number of epoxide rings is 2. The molecule has 0 saturated carbocycles. The van der Waals surface area contributed by atoms with Gasteiger partial charge >= 0.3 is 0 Å². The Labute approximate surface area is 78.2 Å². The third-order valence-corrected chi connectivity index (χ3v) is 2.85. The van der Waals surface area contributed by atoms with E-state index in [0.29, 0.717) is 18.1 Å². The van der Waals surface area contributed by atoms with Crippen molar-refractivity contribution in [3.8, 4) is 0 Å². The van der Waals surface area contributed by atoms with Crippen molar-refractivity contribution in [2.24, 2.45) is 5.92 Å².